The number of hydrogen-bond donors (Lipinski definition) is 0. The van der Waals surface area contributed by atoms with Gasteiger partial charge in [0.05, 0.1) is 12.7 Å². The van der Waals surface area contributed by atoms with Crippen LogP contribution in [-0.2, 0) is 20.9 Å². The molecule has 2 heterocycles. The van der Waals surface area contributed by atoms with Crippen LogP contribution >= 0.6 is 31.9 Å². The Hall–Kier alpha value is -0.650. The lowest BCUT2D eigenvalue weighted by Gasteiger charge is -2.43. The minimum absolute atomic E-state index is 0.208. The fraction of sp³-hybridized carbons (Fsp3) is 0.357. The molecule has 0 saturated carbocycles. The summed E-state index contributed by atoms with van der Waals surface area (Å²) in [6.45, 7) is 0.490. The van der Waals surface area contributed by atoms with E-state index in [9.17, 15) is 4.79 Å². The van der Waals surface area contributed by atoms with Gasteiger partial charge >= 0.3 is 5.97 Å². The molecule has 19 heavy (non-hydrogen) atoms. The first-order valence-electron chi connectivity index (χ1n) is 6.03. The van der Waals surface area contributed by atoms with Crippen LogP contribution < -0.4 is 0 Å². The van der Waals surface area contributed by atoms with Gasteiger partial charge in [0, 0.05) is 10.9 Å². The number of halogens is 2. The number of ether oxygens (including phenoxy) is 2. The summed E-state index contributed by atoms with van der Waals surface area (Å²) in [5.74, 6) is -0.273. The van der Waals surface area contributed by atoms with Gasteiger partial charge in [-0.3, -0.25) is 4.79 Å². The number of carbonyl (C=O) groups excluding carboxylic acids is 1. The van der Waals surface area contributed by atoms with Gasteiger partial charge in [-0.1, -0.05) is 62.2 Å². The van der Waals surface area contributed by atoms with Crippen LogP contribution in [0.1, 0.15) is 12.0 Å². The molecule has 5 heteroatoms. The number of hydrogen-bond acceptors (Lipinski definition) is 3. The lowest BCUT2D eigenvalue weighted by molar-refractivity contribution is -0.165. The molecular formula is C14H12Br2O3. The average Bonchev–Trinajstić information content (AvgIpc) is 2.40. The number of esters is 1. The highest BCUT2D eigenvalue weighted by Gasteiger charge is 2.54. The predicted octanol–water partition coefficient (Wildman–Crippen LogP) is 3.31. The second kappa shape index (κ2) is 5.04. The number of carbonyl (C=O) groups is 1. The van der Waals surface area contributed by atoms with Crippen LogP contribution in [0.2, 0.25) is 0 Å². The van der Waals surface area contributed by atoms with Gasteiger partial charge in [0.2, 0.25) is 0 Å². The van der Waals surface area contributed by atoms with E-state index in [2.05, 4.69) is 31.9 Å². The highest BCUT2D eigenvalue weighted by Crippen LogP contribution is 2.45. The normalized spacial score (nSPS) is 32.9. The molecule has 2 aliphatic heterocycles. The minimum atomic E-state index is -0.866. The first-order valence-corrected chi connectivity index (χ1v) is 7.62. The van der Waals surface area contributed by atoms with E-state index < -0.39 is 4.32 Å². The van der Waals surface area contributed by atoms with Crippen molar-refractivity contribution in [3.8, 4) is 0 Å². The van der Waals surface area contributed by atoms with Gasteiger partial charge in [0.1, 0.15) is 6.10 Å². The molecule has 0 amide bonds. The highest BCUT2D eigenvalue weighted by atomic mass is 79.9. The Balaban J connectivity index is 1.75. The summed E-state index contributed by atoms with van der Waals surface area (Å²) in [6.07, 6.45) is 2.09. The molecule has 1 aliphatic carbocycles. The zero-order chi connectivity index (χ0) is 13.5. The predicted molar refractivity (Wildman–Crippen MR) is 78.2 cm³/mol. The van der Waals surface area contributed by atoms with Crippen LogP contribution in [-0.4, -0.2) is 22.5 Å². The second-order valence-corrected chi connectivity index (χ2v) is 6.94. The molecular weight excluding hydrogens is 376 g/mol. The Morgan fingerprint density at radius 2 is 2.11 bits per heavy atom. The monoisotopic (exact) mass is 386 g/mol. The van der Waals surface area contributed by atoms with Crippen molar-refractivity contribution in [2.75, 3.05) is 0 Å². The quantitative estimate of drug-likeness (QED) is 0.589. The first-order chi connectivity index (χ1) is 9.09. The Bertz CT molecular complexity index is 529. The fourth-order valence-electron chi connectivity index (χ4n) is 2.34. The van der Waals surface area contributed by atoms with Gasteiger partial charge in [-0.05, 0) is 11.6 Å². The minimum Gasteiger partial charge on any atom is -0.455 e. The molecule has 1 aromatic carbocycles. The van der Waals surface area contributed by atoms with E-state index in [0.29, 0.717) is 13.0 Å². The van der Waals surface area contributed by atoms with Crippen molar-refractivity contribution in [3.05, 3.63) is 46.5 Å². The Morgan fingerprint density at radius 3 is 2.84 bits per heavy atom. The summed E-state index contributed by atoms with van der Waals surface area (Å²) in [7, 11) is 0. The van der Waals surface area contributed by atoms with E-state index in [1.807, 2.05) is 36.4 Å². The van der Waals surface area contributed by atoms with E-state index in [0.717, 1.165) is 10.0 Å². The third-order valence-electron chi connectivity index (χ3n) is 3.41. The fourth-order valence-corrected chi connectivity index (χ4v) is 3.95. The van der Waals surface area contributed by atoms with Crippen LogP contribution in [0.25, 0.3) is 0 Å². The zero-order valence-corrected chi connectivity index (χ0v) is 13.2. The first kappa shape index (κ1) is 13.3. The number of alkyl halides is 1. The molecule has 3 aliphatic rings. The largest absolute Gasteiger partial charge is 0.455 e. The van der Waals surface area contributed by atoms with Crippen molar-refractivity contribution in [2.24, 2.45) is 0 Å². The summed E-state index contributed by atoms with van der Waals surface area (Å²) >= 11 is 6.90. The third-order valence-corrected chi connectivity index (χ3v) is 5.21. The maximum absolute atomic E-state index is 11.9. The van der Waals surface area contributed by atoms with Gasteiger partial charge in [-0.15, -0.1) is 0 Å². The standard InChI is InChI=1S/C14H12Br2O3/c15-10-7-14(16)12(6-11(10)19-13(14)17)18-8-9-4-2-1-3-5-9/h1-5,7,11-12H,6,8H2/t11-,12-,14+/m0/s1. The molecule has 3 nitrogen and oxygen atoms in total. The summed E-state index contributed by atoms with van der Waals surface area (Å²) in [5.41, 5.74) is 1.09. The molecule has 2 bridgehead atoms. The van der Waals surface area contributed by atoms with E-state index in [1.54, 1.807) is 0 Å². The molecule has 1 saturated heterocycles. The average molecular weight is 388 g/mol. The highest BCUT2D eigenvalue weighted by molar-refractivity contribution is 9.12. The van der Waals surface area contributed by atoms with E-state index in [1.165, 1.54) is 0 Å². The Morgan fingerprint density at radius 1 is 1.37 bits per heavy atom. The summed E-state index contributed by atoms with van der Waals surface area (Å²) < 4.78 is 11.3. The van der Waals surface area contributed by atoms with Crippen molar-refractivity contribution in [3.63, 3.8) is 0 Å². The molecule has 0 radical (unpaired) electrons. The van der Waals surface area contributed by atoms with E-state index >= 15 is 0 Å². The van der Waals surface area contributed by atoms with Gasteiger partial charge in [-0.2, -0.15) is 0 Å². The summed E-state index contributed by atoms with van der Waals surface area (Å²) in [4.78, 5) is 11.9. The van der Waals surface area contributed by atoms with Crippen LogP contribution in [0.5, 0.6) is 0 Å². The zero-order valence-electron chi connectivity index (χ0n) is 10.0. The number of fused-ring (bicyclic) bond motifs is 2. The molecule has 100 valence electrons. The Kier molecular flexibility index (Phi) is 3.53. The third kappa shape index (κ3) is 2.39. The van der Waals surface area contributed by atoms with E-state index in [-0.39, 0.29) is 18.2 Å². The van der Waals surface area contributed by atoms with Gasteiger partial charge < -0.3 is 9.47 Å². The van der Waals surface area contributed by atoms with Crippen LogP contribution in [0.15, 0.2) is 40.9 Å². The molecule has 3 atom stereocenters. The van der Waals surface area contributed by atoms with Gasteiger partial charge in [0.25, 0.3) is 0 Å². The summed E-state index contributed by atoms with van der Waals surface area (Å²) in [5, 5.41) is 0. The van der Waals surface area contributed by atoms with Crippen LogP contribution in [0, 0.1) is 0 Å². The SMILES string of the molecule is O=C1O[C@H]2C[C@H](OCc3ccccc3)[C@]1(Br)C=C2Br. The maximum atomic E-state index is 11.9. The van der Waals surface area contributed by atoms with Crippen molar-refractivity contribution < 1.29 is 14.3 Å². The topological polar surface area (TPSA) is 35.5 Å². The van der Waals surface area contributed by atoms with Gasteiger partial charge in [-0.25, -0.2) is 0 Å². The molecule has 0 spiro atoms. The Labute approximate surface area is 128 Å². The number of benzene rings is 1. The van der Waals surface area contributed by atoms with Crippen molar-refractivity contribution in [1.82, 2.24) is 0 Å². The van der Waals surface area contributed by atoms with Crippen molar-refractivity contribution in [1.29, 1.82) is 0 Å². The lowest BCUT2D eigenvalue weighted by Crippen LogP contribution is -2.56. The molecule has 0 aromatic heterocycles. The number of rotatable bonds is 3. The summed E-state index contributed by atoms with van der Waals surface area (Å²) in [6, 6.07) is 9.92. The molecule has 1 fully saturated rings. The van der Waals surface area contributed by atoms with Crippen LogP contribution in [0.4, 0.5) is 0 Å². The smallest absolute Gasteiger partial charge is 0.330 e. The van der Waals surface area contributed by atoms with Gasteiger partial charge in [0.15, 0.2) is 4.32 Å². The molecule has 0 unspecified atom stereocenters. The lowest BCUT2D eigenvalue weighted by atomic mass is 9.87. The van der Waals surface area contributed by atoms with E-state index in [4.69, 9.17) is 9.47 Å². The van der Waals surface area contributed by atoms with Crippen molar-refractivity contribution in [2.45, 2.75) is 29.6 Å². The molecule has 1 aromatic rings. The molecule has 0 N–H and O–H groups in total. The van der Waals surface area contributed by atoms with Crippen LogP contribution in [0.3, 0.4) is 0 Å². The maximum Gasteiger partial charge on any atom is 0.330 e. The van der Waals surface area contributed by atoms with Crippen molar-refractivity contribution >= 4 is 37.8 Å². The second-order valence-electron chi connectivity index (χ2n) is 4.71. The molecule has 4 rings (SSSR count).